The highest BCUT2D eigenvalue weighted by Gasteiger charge is 2.25. The molecular formula is C9H11N3O2. The van der Waals surface area contributed by atoms with Gasteiger partial charge in [0, 0.05) is 0 Å². The van der Waals surface area contributed by atoms with Crippen molar-refractivity contribution >= 4 is 11.8 Å². The van der Waals surface area contributed by atoms with Crippen molar-refractivity contribution in [2.45, 2.75) is 5.92 Å². The molecule has 0 saturated carbocycles. The van der Waals surface area contributed by atoms with Gasteiger partial charge < -0.3 is 5.73 Å². The van der Waals surface area contributed by atoms with E-state index in [1.54, 1.807) is 30.3 Å². The largest absolute Gasteiger partial charge is 0.369 e. The predicted octanol–water partition coefficient (Wildman–Crippen LogP) is -0.755. The molecule has 1 atom stereocenters. The fourth-order valence-electron chi connectivity index (χ4n) is 1.17. The first-order valence-corrected chi connectivity index (χ1v) is 4.01. The molecule has 1 aromatic carbocycles. The van der Waals surface area contributed by atoms with Gasteiger partial charge >= 0.3 is 0 Å². The third-order valence-corrected chi connectivity index (χ3v) is 1.82. The third kappa shape index (κ3) is 2.08. The van der Waals surface area contributed by atoms with E-state index < -0.39 is 17.7 Å². The minimum Gasteiger partial charge on any atom is -0.369 e. The van der Waals surface area contributed by atoms with Crippen LogP contribution in [0.5, 0.6) is 0 Å². The number of rotatable bonds is 3. The zero-order valence-corrected chi connectivity index (χ0v) is 7.44. The van der Waals surface area contributed by atoms with Gasteiger partial charge in [-0.1, -0.05) is 30.3 Å². The van der Waals surface area contributed by atoms with Crippen LogP contribution < -0.4 is 17.0 Å². The zero-order valence-electron chi connectivity index (χ0n) is 7.44. The van der Waals surface area contributed by atoms with Crippen LogP contribution >= 0.6 is 0 Å². The third-order valence-electron chi connectivity index (χ3n) is 1.82. The van der Waals surface area contributed by atoms with Crippen molar-refractivity contribution in [1.29, 1.82) is 0 Å². The molecule has 1 rings (SSSR count). The average Bonchev–Trinajstić information content (AvgIpc) is 2.19. The van der Waals surface area contributed by atoms with E-state index in [2.05, 4.69) is 0 Å². The summed E-state index contributed by atoms with van der Waals surface area (Å²) >= 11 is 0. The van der Waals surface area contributed by atoms with Gasteiger partial charge in [0.25, 0.3) is 5.91 Å². The van der Waals surface area contributed by atoms with Crippen LogP contribution in [0.3, 0.4) is 0 Å². The number of carbonyl (C=O) groups is 2. The van der Waals surface area contributed by atoms with Gasteiger partial charge in [-0.3, -0.25) is 15.0 Å². The maximum Gasteiger partial charge on any atom is 0.250 e. The SMILES string of the molecule is NNC(=O)C(C(N)=O)c1ccccc1. The molecule has 5 nitrogen and oxygen atoms in total. The predicted molar refractivity (Wildman–Crippen MR) is 50.7 cm³/mol. The molecule has 0 bridgehead atoms. The highest BCUT2D eigenvalue weighted by molar-refractivity contribution is 6.04. The van der Waals surface area contributed by atoms with Crippen molar-refractivity contribution in [3.8, 4) is 0 Å². The Morgan fingerprint density at radius 2 is 1.79 bits per heavy atom. The summed E-state index contributed by atoms with van der Waals surface area (Å²) in [6.45, 7) is 0. The molecule has 0 aliphatic heterocycles. The van der Waals surface area contributed by atoms with E-state index in [0.29, 0.717) is 5.56 Å². The number of hydrazine groups is 1. The molecule has 2 amide bonds. The molecule has 0 aliphatic rings. The van der Waals surface area contributed by atoms with E-state index in [1.807, 2.05) is 5.43 Å². The van der Waals surface area contributed by atoms with Crippen molar-refractivity contribution < 1.29 is 9.59 Å². The molecule has 0 radical (unpaired) electrons. The van der Waals surface area contributed by atoms with Crippen LogP contribution in [0.2, 0.25) is 0 Å². The van der Waals surface area contributed by atoms with Crippen LogP contribution in [0, 0.1) is 0 Å². The maximum absolute atomic E-state index is 11.2. The molecule has 14 heavy (non-hydrogen) atoms. The molecule has 5 heteroatoms. The number of carbonyl (C=O) groups excluding carboxylic acids is 2. The second kappa shape index (κ2) is 4.38. The summed E-state index contributed by atoms with van der Waals surface area (Å²) in [6.07, 6.45) is 0. The van der Waals surface area contributed by atoms with Gasteiger partial charge in [0.1, 0.15) is 5.92 Å². The van der Waals surface area contributed by atoms with Crippen LogP contribution in [0.4, 0.5) is 0 Å². The second-order valence-corrected chi connectivity index (χ2v) is 2.75. The topological polar surface area (TPSA) is 98.2 Å². The normalized spacial score (nSPS) is 11.8. The van der Waals surface area contributed by atoms with Crippen LogP contribution in [0.15, 0.2) is 30.3 Å². The van der Waals surface area contributed by atoms with Crippen LogP contribution in [-0.2, 0) is 9.59 Å². The lowest BCUT2D eigenvalue weighted by atomic mass is 9.98. The van der Waals surface area contributed by atoms with E-state index >= 15 is 0 Å². The molecule has 0 aromatic heterocycles. The number of nitrogens with two attached hydrogens (primary N) is 2. The summed E-state index contributed by atoms with van der Waals surface area (Å²) in [5.41, 5.74) is 7.53. The molecular weight excluding hydrogens is 182 g/mol. The van der Waals surface area contributed by atoms with Gasteiger partial charge in [0.2, 0.25) is 5.91 Å². The fourth-order valence-corrected chi connectivity index (χ4v) is 1.17. The molecule has 1 unspecified atom stereocenters. The van der Waals surface area contributed by atoms with Crippen molar-refractivity contribution in [2.24, 2.45) is 11.6 Å². The molecule has 0 aliphatic carbocycles. The second-order valence-electron chi connectivity index (χ2n) is 2.75. The fraction of sp³-hybridized carbons (Fsp3) is 0.111. The van der Waals surface area contributed by atoms with Crippen LogP contribution in [0.25, 0.3) is 0 Å². The van der Waals surface area contributed by atoms with E-state index in [4.69, 9.17) is 11.6 Å². The highest BCUT2D eigenvalue weighted by atomic mass is 16.2. The Balaban J connectivity index is 3.01. The minimum atomic E-state index is -1.03. The van der Waals surface area contributed by atoms with E-state index in [0.717, 1.165) is 0 Å². The Hall–Kier alpha value is -1.88. The van der Waals surface area contributed by atoms with Crippen molar-refractivity contribution in [2.75, 3.05) is 0 Å². The van der Waals surface area contributed by atoms with Gasteiger partial charge in [0.15, 0.2) is 0 Å². The number of primary amides is 1. The highest BCUT2D eigenvalue weighted by Crippen LogP contribution is 2.14. The van der Waals surface area contributed by atoms with E-state index in [1.165, 1.54) is 0 Å². The lowest BCUT2D eigenvalue weighted by Gasteiger charge is -2.11. The summed E-state index contributed by atoms with van der Waals surface area (Å²) in [4.78, 5) is 22.2. The lowest BCUT2D eigenvalue weighted by molar-refractivity contribution is -0.130. The number of benzene rings is 1. The zero-order chi connectivity index (χ0) is 10.6. The first kappa shape index (κ1) is 10.2. The van der Waals surface area contributed by atoms with Crippen LogP contribution in [0.1, 0.15) is 11.5 Å². The summed E-state index contributed by atoms with van der Waals surface area (Å²) in [5, 5.41) is 0. The van der Waals surface area contributed by atoms with Gasteiger partial charge in [-0.2, -0.15) is 0 Å². The Kier molecular flexibility index (Phi) is 3.19. The number of hydrogen-bond acceptors (Lipinski definition) is 3. The Morgan fingerprint density at radius 1 is 1.21 bits per heavy atom. The van der Waals surface area contributed by atoms with Gasteiger partial charge in [-0.25, -0.2) is 5.84 Å². The molecule has 0 saturated heterocycles. The maximum atomic E-state index is 11.2. The number of amides is 2. The molecule has 1 aromatic rings. The molecule has 0 heterocycles. The minimum absolute atomic E-state index is 0.531. The Labute approximate surface area is 81.0 Å². The van der Waals surface area contributed by atoms with Crippen molar-refractivity contribution in [1.82, 2.24) is 5.43 Å². The smallest absolute Gasteiger partial charge is 0.250 e. The average molecular weight is 193 g/mol. The summed E-state index contributed by atoms with van der Waals surface area (Å²) in [5.74, 6) is 2.58. The number of nitrogens with one attached hydrogen (secondary N) is 1. The monoisotopic (exact) mass is 193 g/mol. The molecule has 0 spiro atoms. The Morgan fingerprint density at radius 3 is 2.21 bits per heavy atom. The summed E-state index contributed by atoms with van der Waals surface area (Å²) in [6, 6.07) is 8.50. The molecule has 0 fully saturated rings. The first-order valence-electron chi connectivity index (χ1n) is 4.01. The first-order chi connectivity index (χ1) is 6.66. The standard InChI is InChI=1S/C9H11N3O2/c10-8(13)7(9(14)12-11)6-4-2-1-3-5-6/h1-5,7H,11H2,(H2,10,13)(H,12,14). The van der Waals surface area contributed by atoms with Crippen molar-refractivity contribution in [3.63, 3.8) is 0 Å². The van der Waals surface area contributed by atoms with Crippen LogP contribution in [-0.4, -0.2) is 11.8 Å². The van der Waals surface area contributed by atoms with Gasteiger partial charge in [-0.05, 0) is 5.56 Å². The Bertz CT molecular complexity index is 337. The quantitative estimate of drug-likeness (QED) is 0.255. The van der Waals surface area contributed by atoms with E-state index in [-0.39, 0.29) is 0 Å². The molecule has 5 N–H and O–H groups in total. The number of hydrogen-bond donors (Lipinski definition) is 3. The van der Waals surface area contributed by atoms with E-state index in [9.17, 15) is 9.59 Å². The van der Waals surface area contributed by atoms with Crippen molar-refractivity contribution in [3.05, 3.63) is 35.9 Å². The summed E-state index contributed by atoms with van der Waals surface area (Å²) < 4.78 is 0. The van der Waals surface area contributed by atoms with Gasteiger partial charge in [-0.15, -0.1) is 0 Å². The lowest BCUT2D eigenvalue weighted by Crippen LogP contribution is -2.40. The molecule has 74 valence electrons. The summed E-state index contributed by atoms with van der Waals surface area (Å²) in [7, 11) is 0. The van der Waals surface area contributed by atoms with Gasteiger partial charge in [0.05, 0.1) is 0 Å².